The van der Waals surface area contributed by atoms with Gasteiger partial charge in [-0.15, -0.1) is 0 Å². The number of ether oxygens (including phenoxy) is 2. The Hall–Kier alpha value is -1.13. The van der Waals surface area contributed by atoms with E-state index in [0.29, 0.717) is 31.9 Å². The zero-order valence-corrected chi connectivity index (χ0v) is 10.4. The second-order valence-electron chi connectivity index (χ2n) is 4.10. The van der Waals surface area contributed by atoms with E-state index in [1.54, 1.807) is 0 Å². The molecule has 96 valence electrons. The summed E-state index contributed by atoms with van der Waals surface area (Å²) in [7, 11) is 0. The fraction of sp³-hybridized carbons (Fsp3) is 0.538. The Balaban J connectivity index is 2.46. The number of nitrogens with two attached hydrogens (primary N) is 1. The van der Waals surface area contributed by atoms with Gasteiger partial charge in [0.15, 0.2) is 0 Å². The van der Waals surface area contributed by atoms with E-state index in [0.717, 1.165) is 5.56 Å². The first-order chi connectivity index (χ1) is 8.11. The Bertz CT molecular complexity index is 342. The number of hydrogen-bond donors (Lipinski definition) is 1. The molecule has 0 amide bonds. The van der Waals surface area contributed by atoms with E-state index in [1.165, 1.54) is 12.1 Å². The van der Waals surface area contributed by atoms with Crippen LogP contribution in [0.3, 0.4) is 0 Å². The molecule has 0 saturated heterocycles. The monoisotopic (exact) mass is 241 g/mol. The molecule has 1 aromatic carbocycles. The minimum absolute atomic E-state index is 0.180. The SMILES string of the molecule is CC(C)OCCOc1cc(F)cc(CCN)c1. The second-order valence-corrected chi connectivity index (χ2v) is 4.10. The highest BCUT2D eigenvalue weighted by Gasteiger charge is 2.02. The van der Waals surface area contributed by atoms with Gasteiger partial charge in [0, 0.05) is 6.07 Å². The van der Waals surface area contributed by atoms with Crippen LogP contribution in [0.25, 0.3) is 0 Å². The summed E-state index contributed by atoms with van der Waals surface area (Å²) in [5.41, 5.74) is 6.29. The standard InChI is InChI=1S/C13H20FNO2/c1-10(2)16-5-6-17-13-8-11(3-4-15)7-12(14)9-13/h7-10H,3-6,15H2,1-2H3. The maximum absolute atomic E-state index is 13.2. The maximum Gasteiger partial charge on any atom is 0.127 e. The van der Waals surface area contributed by atoms with Crippen molar-refractivity contribution in [1.82, 2.24) is 0 Å². The van der Waals surface area contributed by atoms with E-state index < -0.39 is 0 Å². The van der Waals surface area contributed by atoms with Gasteiger partial charge in [-0.05, 0) is 44.5 Å². The molecule has 0 unspecified atom stereocenters. The summed E-state index contributed by atoms with van der Waals surface area (Å²) >= 11 is 0. The van der Waals surface area contributed by atoms with Crippen LogP contribution in [-0.4, -0.2) is 25.9 Å². The number of hydrogen-bond acceptors (Lipinski definition) is 3. The van der Waals surface area contributed by atoms with Crippen molar-refractivity contribution in [1.29, 1.82) is 0 Å². The van der Waals surface area contributed by atoms with Crippen LogP contribution in [0.15, 0.2) is 18.2 Å². The van der Waals surface area contributed by atoms with Crippen LogP contribution in [0, 0.1) is 5.82 Å². The molecule has 0 heterocycles. The highest BCUT2D eigenvalue weighted by Crippen LogP contribution is 2.16. The molecule has 4 heteroatoms. The van der Waals surface area contributed by atoms with Crippen molar-refractivity contribution < 1.29 is 13.9 Å². The van der Waals surface area contributed by atoms with Crippen LogP contribution < -0.4 is 10.5 Å². The Morgan fingerprint density at radius 2 is 2.00 bits per heavy atom. The van der Waals surface area contributed by atoms with Crippen LogP contribution in [0.5, 0.6) is 5.75 Å². The highest BCUT2D eigenvalue weighted by atomic mass is 19.1. The van der Waals surface area contributed by atoms with Gasteiger partial charge < -0.3 is 15.2 Å². The third kappa shape index (κ3) is 5.65. The molecule has 0 bridgehead atoms. The number of rotatable bonds is 7. The van der Waals surface area contributed by atoms with Gasteiger partial charge in [-0.2, -0.15) is 0 Å². The summed E-state index contributed by atoms with van der Waals surface area (Å²) in [6.45, 7) is 5.34. The van der Waals surface area contributed by atoms with Gasteiger partial charge in [0.25, 0.3) is 0 Å². The average molecular weight is 241 g/mol. The first kappa shape index (κ1) is 13.9. The lowest BCUT2D eigenvalue weighted by atomic mass is 10.1. The zero-order valence-electron chi connectivity index (χ0n) is 10.4. The molecular weight excluding hydrogens is 221 g/mol. The summed E-state index contributed by atoms with van der Waals surface area (Å²) in [6.07, 6.45) is 0.829. The molecule has 1 aromatic rings. The van der Waals surface area contributed by atoms with Crippen molar-refractivity contribution in [3.05, 3.63) is 29.6 Å². The first-order valence-corrected chi connectivity index (χ1v) is 5.85. The van der Waals surface area contributed by atoms with E-state index in [2.05, 4.69) is 0 Å². The molecule has 0 radical (unpaired) electrons. The molecule has 17 heavy (non-hydrogen) atoms. The zero-order chi connectivity index (χ0) is 12.7. The Labute approximate surface area is 102 Å². The Morgan fingerprint density at radius 3 is 2.65 bits per heavy atom. The van der Waals surface area contributed by atoms with Gasteiger partial charge in [0.2, 0.25) is 0 Å². The van der Waals surface area contributed by atoms with Crippen LogP contribution in [0.1, 0.15) is 19.4 Å². The van der Waals surface area contributed by atoms with E-state index >= 15 is 0 Å². The molecule has 1 rings (SSSR count). The minimum atomic E-state index is -0.296. The van der Waals surface area contributed by atoms with Crippen LogP contribution in [0.4, 0.5) is 4.39 Å². The molecule has 0 spiro atoms. The Kier molecular flexibility index (Phi) is 5.94. The van der Waals surface area contributed by atoms with Crippen molar-refractivity contribution in [3.8, 4) is 5.75 Å². The molecule has 0 saturated carbocycles. The van der Waals surface area contributed by atoms with Crippen molar-refractivity contribution in [3.63, 3.8) is 0 Å². The third-order valence-electron chi connectivity index (χ3n) is 2.17. The summed E-state index contributed by atoms with van der Waals surface area (Å²) in [4.78, 5) is 0. The average Bonchev–Trinajstić information content (AvgIpc) is 2.24. The van der Waals surface area contributed by atoms with Gasteiger partial charge >= 0.3 is 0 Å². The van der Waals surface area contributed by atoms with Crippen LogP contribution >= 0.6 is 0 Å². The van der Waals surface area contributed by atoms with Crippen LogP contribution in [0.2, 0.25) is 0 Å². The predicted molar refractivity (Wildman–Crippen MR) is 65.7 cm³/mol. The van der Waals surface area contributed by atoms with E-state index in [-0.39, 0.29) is 11.9 Å². The quantitative estimate of drug-likeness (QED) is 0.744. The second kappa shape index (κ2) is 7.25. The lowest BCUT2D eigenvalue weighted by Gasteiger charge is -2.10. The molecular formula is C13H20FNO2. The molecule has 0 aliphatic heterocycles. The van der Waals surface area contributed by atoms with E-state index in [1.807, 2.05) is 19.9 Å². The minimum Gasteiger partial charge on any atom is -0.491 e. The number of halogens is 1. The summed E-state index contributed by atoms with van der Waals surface area (Å²) in [5, 5.41) is 0. The van der Waals surface area contributed by atoms with Gasteiger partial charge in [-0.3, -0.25) is 0 Å². The number of benzene rings is 1. The van der Waals surface area contributed by atoms with Crippen molar-refractivity contribution in [2.45, 2.75) is 26.4 Å². The third-order valence-corrected chi connectivity index (χ3v) is 2.17. The van der Waals surface area contributed by atoms with Crippen LogP contribution in [-0.2, 0) is 11.2 Å². The Morgan fingerprint density at radius 1 is 1.24 bits per heavy atom. The van der Waals surface area contributed by atoms with E-state index in [9.17, 15) is 4.39 Å². The molecule has 0 fully saturated rings. The van der Waals surface area contributed by atoms with Crippen molar-refractivity contribution >= 4 is 0 Å². The van der Waals surface area contributed by atoms with Gasteiger partial charge in [-0.25, -0.2) is 4.39 Å². The summed E-state index contributed by atoms with van der Waals surface area (Å²) in [6, 6.07) is 4.66. The maximum atomic E-state index is 13.2. The molecule has 3 nitrogen and oxygen atoms in total. The summed E-state index contributed by atoms with van der Waals surface area (Å²) < 4.78 is 24.0. The highest BCUT2D eigenvalue weighted by molar-refractivity contribution is 5.29. The largest absolute Gasteiger partial charge is 0.491 e. The fourth-order valence-corrected chi connectivity index (χ4v) is 1.46. The predicted octanol–water partition coefficient (Wildman–Crippen LogP) is 2.13. The van der Waals surface area contributed by atoms with Gasteiger partial charge in [0.05, 0.1) is 12.7 Å². The van der Waals surface area contributed by atoms with Crippen molar-refractivity contribution in [2.75, 3.05) is 19.8 Å². The molecule has 0 aliphatic carbocycles. The van der Waals surface area contributed by atoms with Crippen molar-refractivity contribution in [2.24, 2.45) is 5.73 Å². The van der Waals surface area contributed by atoms with E-state index in [4.69, 9.17) is 15.2 Å². The lowest BCUT2D eigenvalue weighted by molar-refractivity contribution is 0.0552. The van der Waals surface area contributed by atoms with Gasteiger partial charge in [0.1, 0.15) is 18.2 Å². The fourth-order valence-electron chi connectivity index (χ4n) is 1.46. The molecule has 0 atom stereocenters. The smallest absolute Gasteiger partial charge is 0.127 e. The first-order valence-electron chi connectivity index (χ1n) is 5.85. The normalized spacial score (nSPS) is 10.9. The topological polar surface area (TPSA) is 44.5 Å². The molecule has 0 aromatic heterocycles. The summed E-state index contributed by atoms with van der Waals surface area (Å²) in [5.74, 6) is 0.233. The molecule has 2 N–H and O–H groups in total. The lowest BCUT2D eigenvalue weighted by Crippen LogP contribution is -2.11. The molecule has 0 aliphatic rings. The van der Waals surface area contributed by atoms with Gasteiger partial charge in [-0.1, -0.05) is 0 Å².